The number of amides is 1. The Bertz CT molecular complexity index is 806. The number of rotatable bonds is 41. The molecule has 0 aliphatic heterocycles. The first-order valence-electron chi connectivity index (χ1n) is 22.8. The molecule has 8 nitrogen and oxygen atoms in total. The highest BCUT2D eigenvalue weighted by molar-refractivity contribution is 5.70. The first kappa shape index (κ1) is 51.2. The molecule has 314 valence electrons. The van der Waals surface area contributed by atoms with Crippen LogP contribution in [0, 0.1) is 0 Å². The Morgan fingerprint density at radius 2 is 0.792 bits per heavy atom. The summed E-state index contributed by atoms with van der Waals surface area (Å²) in [5.41, 5.74) is 0. The SMILES string of the molecule is CCCCCCCCCCCCCCCCCC(=O)OCC(COC(=O)NCCOC(C)C)OC(=O)CCCCCCCCCCCCCCCCC. The fraction of sp³-hybridized carbons (Fsp3) is 0.933. The topological polar surface area (TPSA) is 100 Å². The van der Waals surface area contributed by atoms with Crippen LogP contribution in [0.25, 0.3) is 0 Å². The van der Waals surface area contributed by atoms with Crippen molar-refractivity contribution in [3.05, 3.63) is 0 Å². The molecule has 0 aromatic rings. The maximum atomic E-state index is 12.6. The number of hydrogen-bond acceptors (Lipinski definition) is 7. The van der Waals surface area contributed by atoms with Gasteiger partial charge >= 0.3 is 18.0 Å². The zero-order valence-electron chi connectivity index (χ0n) is 35.5. The van der Waals surface area contributed by atoms with Crippen LogP contribution in [-0.2, 0) is 28.5 Å². The van der Waals surface area contributed by atoms with Gasteiger partial charge in [0.05, 0.1) is 12.7 Å². The van der Waals surface area contributed by atoms with E-state index in [9.17, 15) is 14.4 Å². The molecular weight excluding hydrogens is 666 g/mol. The van der Waals surface area contributed by atoms with Crippen molar-refractivity contribution in [3.63, 3.8) is 0 Å². The lowest BCUT2D eigenvalue weighted by Gasteiger charge is -2.18. The molecule has 0 saturated heterocycles. The molecular formula is C45H87NO7. The maximum Gasteiger partial charge on any atom is 0.407 e. The van der Waals surface area contributed by atoms with E-state index in [2.05, 4.69) is 19.2 Å². The van der Waals surface area contributed by atoms with Gasteiger partial charge in [-0.25, -0.2) is 4.79 Å². The van der Waals surface area contributed by atoms with E-state index in [1.165, 1.54) is 154 Å². The molecule has 0 bridgehead atoms. The third-order valence-electron chi connectivity index (χ3n) is 9.92. The molecule has 0 spiro atoms. The highest BCUT2D eigenvalue weighted by Gasteiger charge is 2.19. The highest BCUT2D eigenvalue weighted by atomic mass is 16.6. The lowest BCUT2D eigenvalue weighted by Crippen LogP contribution is -2.34. The number of esters is 2. The van der Waals surface area contributed by atoms with Gasteiger partial charge < -0.3 is 24.3 Å². The predicted octanol–water partition coefficient (Wildman–Crippen LogP) is 13.1. The average molecular weight is 754 g/mol. The summed E-state index contributed by atoms with van der Waals surface area (Å²) in [5.74, 6) is -0.657. The van der Waals surface area contributed by atoms with Gasteiger partial charge in [0, 0.05) is 19.4 Å². The largest absolute Gasteiger partial charge is 0.462 e. The van der Waals surface area contributed by atoms with Crippen molar-refractivity contribution in [1.82, 2.24) is 5.32 Å². The fourth-order valence-electron chi connectivity index (χ4n) is 6.57. The summed E-state index contributed by atoms with van der Waals surface area (Å²) in [6, 6.07) is 0. The fourth-order valence-corrected chi connectivity index (χ4v) is 6.57. The molecule has 1 N–H and O–H groups in total. The molecule has 0 heterocycles. The minimum atomic E-state index is -0.832. The summed E-state index contributed by atoms with van der Waals surface area (Å²) < 4.78 is 21.8. The molecule has 0 rings (SSSR count). The molecule has 0 aliphatic rings. The highest BCUT2D eigenvalue weighted by Crippen LogP contribution is 2.16. The van der Waals surface area contributed by atoms with Gasteiger partial charge in [0.2, 0.25) is 0 Å². The Kier molecular flexibility index (Phi) is 39.9. The predicted molar refractivity (Wildman–Crippen MR) is 220 cm³/mol. The number of carbonyl (C=O) groups excluding carboxylic acids is 3. The second-order valence-corrected chi connectivity index (χ2v) is 15.6. The van der Waals surface area contributed by atoms with E-state index in [-0.39, 0.29) is 31.3 Å². The first-order chi connectivity index (χ1) is 25.9. The summed E-state index contributed by atoms with van der Waals surface area (Å²) in [4.78, 5) is 37.3. The molecule has 0 radical (unpaired) electrons. The minimum Gasteiger partial charge on any atom is -0.462 e. The Labute approximate surface area is 327 Å². The Morgan fingerprint density at radius 1 is 0.453 bits per heavy atom. The van der Waals surface area contributed by atoms with Gasteiger partial charge in [-0.2, -0.15) is 0 Å². The van der Waals surface area contributed by atoms with E-state index in [4.69, 9.17) is 18.9 Å². The minimum absolute atomic E-state index is 0.0743. The molecule has 53 heavy (non-hydrogen) atoms. The van der Waals surface area contributed by atoms with Crippen molar-refractivity contribution < 1.29 is 33.3 Å². The summed E-state index contributed by atoms with van der Waals surface area (Å²) in [7, 11) is 0. The molecule has 0 saturated carbocycles. The van der Waals surface area contributed by atoms with Crippen LogP contribution in [0.5, 0.6) is 0 Å². The van der Waals surface area contributed by atoms with Crippen LogP contribution in [0.15, 0.2) is 0 Å². The van der Waals surface area contributed by atoms with Crippen LogP contribution in [0.4, 0.5) is 4.79 Å². The molecule has 1 amide bonds. The number of hydrogen-bond donors (Lipinski definition) is 1. The van der Waals surface area contributed by atoms with Crippen molar-refractivity contribution >= 4 is 18.0 Å². The van der Waals surface area contributed by atoms with Crippen LogP contribution in [0.3, 0.4) is 0 Å². The normalized spacial score (nSPS) is 11.9. The van der Waals surface area contributed by atoms with Crippen molar-refractivity contribution in [2.75, 3.05) is 26.4 Å². The third kappa shape index (κ3) is 41.2. The zero-order valence-corrected chi connectivity index (χ0v) is 35.5. The quantitative estimate of drug-likeness (QED) is 0.0377. The van der Waals surface area contributed by atoms with Crippen molar-refractivity contribution in [3.8, 4) is 0 Å². The van der Waals surface area contributed by atoms with Crippen molar-refractivity contribution in [1.29, 1.82) is 0 Å². The molecule has 1 unspecified atom stereocenters. The number of ether oxygens (including phenoxy) is 4. The van der Waals surface area contributed by atoms with E-state index in [0.29, 0.717) is 26.0 Å². The molecule has 0 aromatic carbocycles. The van der Waals surface area contributed by atoms with E-state index in [1.807, 2.05) is 13.8 Å². The van der Waals surface area contributed by atoms with Crippen molar-refractivity contribution in [2.24, 2.45) is 0 Å². The van der Waals surface area contributed by atoms with E-state index < -0.39 is 12.2 Å². The van der Waals surface area contributed by atoms with E-state index in [0.717, 1.165) is 38.5 Å². The van der Waals surface area contributed by atoms with Crippen molar-refractivity contribution in [2.45, 2.75) is 245 Å². The van der Waals surface area contributed by atoms with E-state index >= 15 is 0 Å². The summed E-state index contributed by atoms with van der Waals surface area (Å²) in [6.45, 7) is 8.79. The smallest absolute Gasteiger partial charge is 0.407 e. The standard InChI is InChI=1S/C45H87NO7/c1-5-7-9-11-13-15-17-19-21-23-25-27-29-31-33-35-43(47)51-39-42(40-52-45(49)46-37-38-50-41(3)4)53-44(48)36-34-32-30-28-26-24-22-20-18-16-14-12-10-8-6-2/h41-42H,5-40H2,1-4H3,(H,46,49). The zero-order chi connectivity index (χ0) is 38.9. The van der Waals surface area contributed by atoms with Gasteiger partial charge in [-0.15, -0.1) is 0 Å². The first-order valence-corrected chi connectivity index (χ1v) is 22.8. The molecule has 0 fully saturated rings. The summed E-state index contributed by atoms with van der Waals surface area (Å²) in [6.07, 6.45) is 37.3. The molecule has 0 aromatic heterocycles. The Morgan fingerprint density at radius 3 is 1.17 bits per heavy atom. The van der Waals surface area contributed by atoms with Gasteiger partial charge in [0.15, 0.2) is 6.10 Å². The second-order valence-electron chi connectivity index (χ2n) is 15.6. The Hall–Kier alpha value is -1.83. The molecule has 0 aliphatic carbocycles. The number of alkyl carbamates (subject to hydrolysis) is 1. The van der Waals surface area contributed by atoms with Crippen LogP contribution in [0.2, 0.25) is 0 Å². The molecule has 1 atom stereocenters. The van der Waals surface area contributed by atoms with E-state index in [1.54, 1.807) is 0 Å². The molecule has 8 heteroatoms. The number of unbranched alkanes of at least 4 members (excludes halogenated alkanes) is 28. The van der Waals surface area contributed by atoms with Crippen LogP contribution in [0.1, 0.15) is 233 Å². The van der Waals surface area contributed by atoms with Crippen LogP contribution in [-0.4, -0.2) is 56.6 Å². The van der Waals surface area contributed by atoms with Crippen LogP contribution >= 0.6 is 0 Å². The van der Waals surface area contributed by atoms with Crippen LogP contribution < -0.4 is 5.32 Å². The third-order valence-corrected chi connectivity index (χ3v) is 9.92. The lowest BCUT2D eigenvalue weighted by molar-refractivity contribution is -0.161. The number of nitrogens with one attached hydrogen (secondary N) is 1. The van der Waals surface area contributed by atoms with Gasteiger partial charge in [-0.05, 0) is 26.7 Å². The lowest BCUT2D eigenvalue weighted by atomic mass is 10.0. The summed E-state index contributed by atoms with van der Waals surface area (Å²) >= 11 is 0. The second kappa shape index (κ2) is 41.3. The van der Waals surface area contributed by atoms with Gasteiger partial charge in [0.1, 0.15) is 13.2 Å². The monoisotopic (exact) mass is 754 g/mol. The maximum absolute atomic E-state index is 12.6. The summed E-state index contributed by atoms with van der Waals surface area (Å²) in [5, 5.41) is 2.63. The number of carbonyl (C=O) groups is 3. The van der Waals surface area contributed by atoms with Gasteiger partial charge in [0.25, 0.3) is 0 Å². The average Bonchev–Trinajstić information content (AvgIpc) is 3.14. The van der Waals surface area contributed by atoms with Gasteiger partial charge in [-0.1, -0.05) is 194 Å². The van der Waals surface area contributed by atoms with Gasteiger partial charge in [-0.3, -0.25) is 9.59 Å². The Balaban J connectivity index is 4.16.